The number of amides is 1. The maximum atomic E-state index is 13.0. The van der Waals surface area contributed by atoms with Crippen molar-refractivity contribution in [2.45, 2.75) is 51.1 Å². The summed E-state index contributed by atoms with van der Waals surface area (Å²) in [4.78, 5) is 22.5. The van der Waals surface area contributed by atoms with Crippen molar-refractivity contribution in [2.75, 3.05) is 18.4 Å². The fourth-order valence-corrected chi connectivity index (χ4v) is 4.51. The summed E-state index contributed by atoms with van der Waals surface area (Å²) in [6.07, 6.45) is 2.75. The lowest BCUT2D eigenvalue weighted by atomic mass is 10.1. The van der Waals surface area contributed by atoms with Gasteiger partial charge in [0.25, 0.3) is 5.91 Å². The molecule has 2 N–H and O–H groups in total. The quantitative estimate of drug-likeness (QED) is 0.220. The van der Waals surface area contributed by atoms with Crippen LogP contribution in [0.15, 0.2) is 40.1 Å². The number of hydrogen-bond acceptors (Lipinski definition) is 8. The Kier molecular flexibility index (Phi) is 7.92. The zero-order chi connectivity index (χ0) is 24.9. The number of aromatic nitrogens is 5. The smallest absolute Gasteiger partial charge is 0.257 e. The highest BCUT2D eigenvalue weighted by Gasteiger charge is 2.23. The number of hydrogen-bond donors (Lipinski definition) is 2. The SMILES string of the molecule is CCCNc1nc(SC(C)C)nc2c1cnn2CCNC(=O)c1c(-c2ccccc2Cl)noc1C. The van der Waals surface area contributed by atoms with Gasteiger partial charge in [-0.1, -0.05) is 67.5 Å². The molecule has 4 rings (SSSR count). The van der Waals surface area contributed by atoms with Crippen molar-refractivity contribution >= 4 is 46.1 Å². The fourth-order valence-electron chi connectivity index (χ4n) is 3.58. The van der Waals surface area contributed by atoms with Crippen LogP contribution in [0.1, 0.15) is 43.3 Å². The summed E-state index contributed by atoms with van der Waals surface area (Å²) in [7, 11) is 0. The highest BCUT2D eigenvalue weighted by Crippen LogP contribution is 2.31. The summed E-state index contributed by atoms with van der Waals surface area (Å²) >= 11 is 7.92. The molecule has 1 aromatic carbocycles. The third kappa shape index (κ3) is 5.59. The second-order valence-corrected chi connectivity index (χ2v) is 10.2. The molecule has 0 saturated carbocycles. The molecule has 0 radical (unpaired) electrons. The van der Waals surface area contributed by atoms with Crippen LogP contribution in [0.4, 0.5) is 5.82 Å². The van der Waals surface area contributed by atoms with E-state index < -0.39 is 0 Å². The zero-order valence-corrected chi connectivity index (χ0v) is 21.7. The first kappa shape index (κ1) is 25.0. The van der Waals surface area contributed by atoms with Crippen molar-refractivity contribution in [3.8, 4) is 11.3 Å². The molecule has 0 bridgehead atoms. The van der Waals surface area contributed by atoms with Gasteiger partial charge in [0.1, 0.15) is 22.8 Å². The van der Waals surface area contributed by atoms with E-state index in [-0.39, 0.29) is 5.91 Å². The van der Waals surface area contributed by atoms with Crippen molar-refractivity contribution in [1.29, 1.82) is 0 Å². The summed E-state index contributed by atoms with van der Waals surface area (Å²) in [6, 6.07) is 7.23. The second-order valence-electron chi connectivity index (χ2n) is 8.25. The van der Waals surface area contributed by atoms with Crippen molar-refractivity contribution in [3.63, 3.8) is 0 Å². The molecular weight excluding hydrogens is 486 g/mol. The van der Waals surface area contributed by atoms with Gasteiger partial charge in [-0.15, -0.1) is 0 Å². The van der Waals surface area contributed by atoms with Crippen LogP contribution in [-0.2, 0) is 6.54 Å². The van der Waals surface area contributed by atoms with Gasteiger partial charge in [-0.05, 0) is 19.4 Å². The number of nitrogens with one attached hydrogen (secondary N) is 2. The number of carbonyl (C=O) groups excluding carboxylic acids is 1. The Labute approximate surface area is 213 Å². The van der Waals surface area contributed by atoms with Gasteiger partial charge in [-0.25, -0.2) is 14.6 Å². The van der Waals surface area contributed by atoms with Gasteiger partial charge in [-0.2, -0.15) is 5.10 Å². The highest BCUT2D eigenvalue weighted by atomic mass is 35.5. The fraction of sp³-hybridized carbons (Fsp3) is 0.375. The maximum absolute atomic E-state index is 13.0. The molecule has 0 aliphatic carbocycles. The lowest BCUT2D eigenvalue weighted by Crippen LogP contribution is -2.28. The van der Waals surface area contributed by atoms with E-state index in [2.05, 4.69) is 46.6 Å². The third-order valence-electron chi connectivity index (χ3n) is 5.19. The number of nitrogens with zero attached hydrogens (tertiary/aromatic N) is 5. The average Bonchev–Trinajstić information content (AvgIpc) is 3.41. The summed E-state index contributed by atoms with van der Waals surface area (Å²) in [5, 5.41) is 17.3. The standard InChI is InChI=1S/C24H28ClN7O2S/c1-5-10-26-21-17-13-28-32(22(17)30-24(29-21)35-14(2)3)12-11-27-23(33)19-15(4)34-31-20(19)16-8-6-7-9-18(16)25/h6-9,13-14H,5,10-12H2,1-4H3,(H,27,33)(H,26,29,30). The molecule has 0 aliphatic heterocycles. The van der Waals surface area contributed by atoms with Crippen LogP contribution in [0.2, 0.25) is 5.02 Å². The molecular formula is C24H28ClN7O2S. The summed E-state index contributed by atoms with van der Waals surface area (Å²) in [5.41, 5.74) is 2.17. The number of rotatable bonds is 10. The molecule has 0 atom stereocenters. The predicted molar refractivity (Wildman–Crippen MR) is 139 cm³/mol. The molecule has 0 unspecified atom stereocenters. The van der Waals surface area contributed by atoms with Crippen LogP contribution >= 0.6 is 23.4 Å². The normalized spacial score (nSPS) is 11.4. The van der Waals surface area contributed by atoms with Gasteiger partial charge >= 0.3 is 0 Å². The van der Waals surface area contributed by atoms with Gasteiger partial charge in [0.05, 0.1) is 23.2 Å². The summed E-state index contributed by atoms with van der Waals surface area (Å²) < 4.78 is 7.10. The van der Waals surface area contributed by atoms with Gasteiger partial charge in [0, 0.05) is 23.9 Å². The Morgan fingerprint density at radius 3 is 2.77 bits per heavy atom. The predicted octanol–water partition coefficient (Wildman–Crippen LogP) is 5.20. The minimum absolute atomic E-state index is 0.286. The number of fused-ring (bicyclic) bond motifs is 1. The maximum Gasteiger partial charge on any atom is 0.257 e. The first-order valence-corrected chi connectivity index (χ1v) is 12.8. The van der Waals surface area contributed by atoms with E-state index in [1.165, 1.54) is 0 Å². The number of benzene rings is 1. The van der Waals surface area contributed by atoms with Crippen LogP contribution in [0.3, 0.4) is 0 Å². The molecule has 11 heteroatoms. The summed E-state index contributed by atoms with van der Waals surface area (Å²) in [5.74, 6) is 0.919. The van der Waals surface area contributed by atoms with Gasteiger partial charge in [0.2, 0.25) is 0 Å². The van der Waals surface area contributed by atoms with E-state index >= 15 is 0 Å². The number of carbonyl (C=O) groups is 1. The first-order valence-electron chi connectivity index (χ1n) is 11.5. The van der Waals surface area contributed by atoms with Crippen molar-refractivity contribution < 1.29 is 9.32 Å². The van der Waals surface area contributed by atoms with E-state index in [1.807, 2.05) is 18.2 Å². The third-order valence-corrected chi connectivity index (χ3v) is 6.38. The zero-order valence-electron chi connectivity index (χ0n) is 20.1. The van der Waals surface area contributed by atoms with Crippen LogP contribution < -0.4 is 10.6 Å². The molecule has 3 heterocycles. The van der Waals surface area contributed by atoms with E-state index in [0.717, 1.165) is 29.8 Å². The van der Waals surface area contributed by atoms with E-state index in [0.29, 0.717) is 51.1 Å². The number of aryl methyl sites for hydroxylation is 1. The topological polar surface area (TPSA) is 111 Å². The number of halogens is 1. The van der Waals surface area contributed by atoms with Gasteiger partial charge in [-0.3, -0.25) is 4.79 Å². The Bertz CT molecular complexity index is 1330. The number of thioether (sulfide) groups is 1. The van der Waals surface area contributed by atoms with Gasteiger partial charge in [0.15, 0.2) is 10.8 Å². The first-order chi connectivity index (χ1) is 16.9. The lowest BCUT2D eigenvalue weighted by molar-refractivity contribution is 0.0951. The molecule has 0 aliphatic rings. The number of anilines is 1. The van der Waals surface area contributed by atoms with E-state index in [4.69, 9.17) is 21.1 Å². The monoisotopic (exact) mass is 513 g/mol. The van der Waals surface area contributed by atoms with Crippen molar-refractivity contribution in [2.24, 2.45) is 0 Å². The molecule has 35 heavy (non-hydrogen) atoms. The van der Waals surface area contributed by atoms with E-state index in [1.54, 1.807) is 35.6 Å². The molecule has 0 spiro atoms. The van der Waals surface area contributed by atoms with Crippen LogP contribution in [-0.4, -0.2) is 49.2 Å². The minimum Gasteiger partial charge on any atom is -0.369 e. The molecule has 9 nitrogen and oxygen atoms in total. The summed E-state index contributed by atoms with van der Waals surface area (Å²) in [6.45, 7) is 9.62. The van der Waals surface area contributed by atoms with Gasteiger partial charge < -0.3 is 15.2 Å². The van der Waals surface area contributed by atoms with Crippen LogP contribution in [0.25, 0.3) is 22.3 Å². The van der Waals surface area contributed by atoms with Crippen LogP contribution in [0, 0.1) is 6.92 Å². The molecule has 0 fully saturated rings. The minimum atomic E-state index is -0.286. The molecule has 0 saturated heterocycles. The molecule has 1 amide bonds. The molecule has 4 aromatic rings. The Hall–Kier alpha value is -3.11. The van der Waals surface area contributed by atoms with Crippen LogP contribution in [0.5, 0.6) is 0 Å². The van der Waals surface area contributed by atoms with Crippen molar-refractivity contribution in [3.05, 3.63) is 46.8 Å². The Morgan fingerprint density at radius 2 is 2.03 bits per heavy atom. The van der Waals surface area contributed by atoms with E-state index in [9.17, 15) is 4.79 Å². The molecule has 3 aromatic heterocycles. The highest BCUT2D eigenvalue weighted by molar-refractivity contribution is 7.99. The average molecular weight is 514 g/mol. The van der Waals surface area contributed by atoms with Crippen molar-refractivity contribution in [1.82, 2.24) is 30.2 Å². The molecule has 184 valence electrons. The largest absolute Gasteiger partial charge is 0.369 e. The Morgan fingerprint density at radius 1 is 1.23 bits per heavy atom. The lowest BCUT2D eigenvalue weighted by Gasteiger charge is -2.10. The Balaban J connectivity index is 1.52. The second kappa shape index (κ2) is 11.1.